The molecule has 0 saturated carbocycles. The van der Waals surface area contributed by atoms with Gasteiger partial charge in [-0.2, -0.15) is 0 Å². The summed E-state index contributed by atoms with van der Waals surface area (Å²) in [6, 6.07) is 8.63. The minimum atomic E-state index is 0.155. The highest BCUT2D eigenvalue weighted by atomic mass is 16.3. The maximum absolute atomic E-state index is 5.97. The molecule has 4 heteroatoms. The number of hydrogen-bond acceptors (Lipinski definition) is 4. The standard InChI is InChI=1S/C15H19N3O/c16-10-14(15-6-3-9-19-15)18-8-2-5-13(18)12-4-1-7-17-11-12/h1,3-4,6-7,9,11,13-14H,2,5,8,10,16H2. The Morgan fingerprint density at radius 1 is 1.42 bits per heavy atom. The summed E-state index contributed by atoms with van der Waals surface area (Å²) < 4.78 is 5.55. The maximum atomic E-state index is 5.97. The van der Waals surface area contributed by atoms with Gasteiger partial charge in [-0.15, -0.1) is 0 Å². The molecule has 0 spiro atoms. The fourth-order valence-corrected chi connectivity index (χ4v) is 2.99. The molecule has 2 N–H and O–H groups in total. The molecule has 0 bridgehead atoms. The summed E-state index contributed by atoms with van der Waals surface area (Å²) in [7, 11) is 0. The zero-order valence-corrected chi connectivity index (χ0v) is 10.9. The van der Waals surface area contributed by atoms with Gasteiger partial charge < -0.3 is 10.2 Å². The molecule has 3 rings (SSSR count). The van der Waals surface area contributed by atoms with Crippen LogP contribution in [0.15, 0.2) is 47.3 Å². The van der Waals surface area contributed by atoms with E-state index in [9.17, 15) is 0 Å². The van der Waals surface area contributed by atoms with E-state index >= 15 is 0 Å². The lowest BCUT2D eigenvalue weighted by Crippen LogP contribution is -2.33. The highest BCUT2D eigenvalue weighted by molar-refractivity contribution is 5.17. The number of nitrogens with two attached hydrogens (primary N) is 1. The van der Waals surface area contributed by atoms with Gasteiger partial charge in [-0.1, -0.05) is 6.07 Å². The molecule has 3 heterocycles. The summed E-state index contributed by atoms with van der Waals surface area (Å²) in [4.78, 5) is 6.67. The van der Waals surface area contributed by atoms with Crippen molar-refractivity contribution in [2.45, 2.75) is 24.9 Å². The zero-order valence-electron chi connectivity index (χ0n) is 10.9. The molecule has 100 valence electrons. The van der Waals surface area contributed by atoms with Crippen LogP contribution in [0.1, 0.15) is 36.2 Å². The van der Waals surface area contributed by atoms with E-state index in [-0.39, 0.29) is 6.04 Å². The molecule has 4 nitrogen and oxygen atoms in total. The number of pyridine rings is 1. The summed E-state index contributed by atoms with van der Waals surface area (Å²) in [5, 5.41) is 0. The third kappa shape index (κ3) is 2.41. The second-order valence-corrected chi connectivity index (χ2v) is 4.95. The van der Waals surface area contributed by atoms with Gasteiger partial charge in [-0.3, -0.25) is 9.88 Å². The molecule has 0 aromatic carbocycles. The van der Waals surface area contributed by atoms with Crippen molar-refractivity contribution in [3.63, 3.8) is 0 Å². The SMILES string of the molecule is NCC(c1ccco1)N1CCCC1c1cccnc1. The predicted octanol–water partition coefficient (Wildman–Crippen LogP) is 2.51. The lowest BCUT2D eigenvalue weighted by Gasteiger charge is -2.31. The van der Waals surface area contributed by atoms with Gasteiger partial charge in [0.2, 0.25) is 0 Å². The van der Waals surface area contributed by atoms with E-state index < -0.39 is 0 Å². The first-order valence-electron chi connectivity index (χ1n) is 6.79. The quantitative estimate of drug-likeness (QED) is 0.914. The van der Waals surface area contributed by atoms with Crippen LogP contribution >= 0.6 is 0 Å². The molecule has 0 amide bonds. The Morgan fingerprint density at radius 2 is 2.37 bits per heavy atom. The number of rotatable bonds is 4. The van der Waals surface area contributed by atoms with Crippen LogP contribution < -0.4 is 5.73 Å². The minimum Gasteiger partial charge on any atom is -0.468 e. The second-order valence-electron chi connectivity index (χ2n) is 4.95. The number of likely N-dealkylation sites (tertiary alicyclic amines) is 1. The number of nitrogens with zero attached hydrogens (tertiary/aromatic N) is 2. The third-order valence-electron chi connectivity index (χ3n) is 3.86. The Kier molecular flexibility index (Phi) is 3.62. The third-order valence-corrected chi connectivity index (χ3v) is 3.86. The maximum Gasteiger partial charge on any atom is 0.122 e. The molecular weight excluding hydrogens is 238 g/mol. The Bertz CT molecular complexity index is 497. The van der Waals surface area contributed by atoms with E-state index in [1.54, 1.807) is 6.26 Å². The van der Waals surface area contributed by atoms with Crippen LogP contribution in [0.25, 0.3) is 0 Å². The molecule has 1 aliphatic rings. The fourth-order valence-electron chi connectivity index (χ4n) is 2.99. The van der Waals surface area contributed by atoms with Crippen LogP contribution in [0, 0.1) is 0 Å². The van der Waals surface area contributed by atoms with E-state index in [0.29, 0.717) is 12.6 Å². The van der Waals surface area contributed by atoms with Crippen LogP contribution in [0.5, 0.6) is 0 Å². The first-order chi connectivity index (χ1) is 9.40. The molecule has 1 aliphatic heterocycles. The first kappa shape index (κ1) is 12.4. The summed E-state index contributed by atoms with van der Waals surface area (Å²) >= 11 is 0. The molecule has 0 radical (unpaired) electrons. The molecule has 2 aromatic heterocycles. The van der Waals surface area contributed by atoms with Crippen LogP contribution in [-0.4, -0.2) is 23.0 Å². The molecule has 2 unspecified atom stereocenters. The number of hydrogen-bond donors (Lipinski definition) is 1. The van der Waals surface area contributed by atoms with E-state index in [1.807, 2.05) is 30.6 Å². The van der Waals surface area contributed by atoms with Crippen LogP contribution in [0.3, 0.4) is 0 Å². The van der Waals surface area contributed by atoms with Gasteiger partial charge in [0.25, 0.3) is 0 Å². The van der Waals surface area contributed by atoms with E-state index in [0.717, 1.165) is 18.7 Å². The molecule has 19 heavy (non-hydrogen) atoms. The van der Waals surface area contributed by atoms with Gasteiger partial charge in [-0.25, -0.2) is 0 Å². The van der Waals surface area contributed by atoms with Crippen molar-refractivity contribution in [1.29, 1.82) is 0 Å². The van der Waals surface area contributed by atoms with Gasteiger partial charge >= 0.3 is 0 Å². The van der Waals surface area contributed by atoms with Crippen molar-refractivity contribution in [2.24, 2.45) is 5.73 Å². The molecule has 0 aliphatic carbocycles. The Hall–Kier alpha value is -1.65. The number of aromatic nitrogens is 1. The van der Waals surface area contributed by atoms with Gasteiger partial charge in [0.05, 0.1) is 12.3 Å². The first-order valence-corrected chi connectivity index (χ1v) is 6.79. The lowest BCUT2D eigenvalue weighted by molar-refractivity contribution is 0.164. The fraction of sp³-hybridized carbons (Fsp3) is 0.400. The summed E-state index contributed by atoms with van der Waals surface area (Å²) in [5.74, 6) is 0.957. The molecule has 2 atom stereocenters. The van der Waals surface area contributed by atoms with E-state index in [2.05, 4.69) is 16.0 Å². The molecule has 1 saturated heterocycles. The van der Waals surface area contributed by atoms with Crippen molar-refractivity contribution in [1.82, 2.24) is 9.88 Å². The summed E-state index contributed by atoms with van der Waals surface area (Å²) in [6.07, 6.45) is 7.83. The lowest BCUT2D eigenvalue weighted by atomic mass is 10.0. The summed E-state index contributed by atoms with van der Waals surface area (Å²) in [5.41, 5.74) is 7.24. The monoisotopic (exact) mass is 257 g/mol. The number of furan rings is 1. The Balaban J connectivity index is 1.86. The van der Waals surface area contributed by atoms with Crippen molar-refractivity contribution in [3.05, 3.63) is 54.2 Å². The molecule has 2 aromatic rings. The Labute approximate surface area is 113 Å². The van der Waals surface area contributed by atoms with Gasteiger partial charge in [0.15, 0.2) is 0 Å². The summed E-state index contributed by atoms with van der Waals surface area (Å²) in [6.45, 7) is 1.63. The normalized spacial score (nSPS) is 21.6. The Morgan fingerprint density at radius 3 is 3.05 bits per heavy atom. The highest BCUT2D eigenvalue weighted by Gasteiger charge is 2.33. The van der Waals surface area contributed by atoms with E-state index in [4.69, 9.17) is 10.2 Å². The van der Waals surface area contributed by atoms with Gasteiger partial charge in [0.1, 0.15) is 5.76 Å². The highest BCUT2D eigenvalue weighted by Crippen LogP contribution is 2.37. The van der Waals surface area contributed by atoms with Gasteiger partial charge in [0, 0.05) is 25.0 Å². The topological polar surface area (TPSA) is 55.3 Å². The average molecular weight is 257 g/mol. The van der Waals surface area contributed by atoms with Crippen LogP contribution in [-0.2, 0) is 0 Å². The van der Waals surface area contributed by atoms with Crippen LogP contribution in [0.2, 0.25) is 0 Å². The van der Waals surface area contributed by atoms with Crippen molar-refractivity contribution in [2.75, 3.05) is 13.1 Å². The predicted molar refractivity (Wildman–Crippen MR) is 73.4 cm³/mol. The van der Waals surface area contributed by atoms with Crippen LogP contribution in [0.4, 0.5) is 0 Å². The average Bonchev–Trinajstić information content (AvgIpc) is 3.12. The second kappa shape index (κ2) is 5.55. The van der Waals surface area contributed by atoms with E-state index in [1.165, 1.54) is 12.0 Å². The molecule has 1 fully saturated rings. The van der Waals surface area contributed by atoms with Crippen molar-refractivity contribution in [3.8, 4) is 0 Å². The zero-order chi connectivity index (χ0) is 13.1. The van der Waals surface area contributed by atoms with Crippen molar-refractivity contribution < 1.29 is 4.42 Å². The minimum absolute atomic E-state index is 0.155. The molecular formula is C15H19N3O. The largest absolute Gasteiger partial charge is 0.468 e. The van der Waals surface area contributed by atoms with Gasteiger partial charge in [-0.05, 0) is 43.1 Å². The smallest absolute Gasteiger partial charge is 0.122 e. The van der Waals surface area contributed by atoms with Crippen molar-refractivity contribution >= 4 is 0 Å².